The first-order chi connectivity index (χ1) is 9.93. The number of hydrogen-bond donors (Lipinski definition) is 1. The molecule has 0 radical (unpaired) electrons. The van der Waals surface area contributed by atoms with Gasteiger partial charge in [0, 0.05) is 21.7 Å². The largest absolute Gasteiger partial charge is 0.308 e. The molecule has 1 aromatic carbocycles. The lowest BCUT2D eigenvalue weighted by Gasteiger charge is -2.46. The smallest absolute Gasteiger partial charge is 0.0330 e. The molecule has 2 nitrogen and oxygen atoms in total. The molecule has 1 saturated carbocycles. The number of benzene rings is 1. The Kier molecular flexibility index (Phi) is 6.09. The van der Waals surface area contributed by atoms with Gasteiger partial charge < -0.3 is 10.2 Å². The van der Waals surface area contributed by atoms with Crippen LogP contribution in [0.1, 0.15) is 51.1 Å². The van der Waals surface area contributed by atoms with Gasteiger partial charge in [0.1, 0.15) is 0 Å². The Morgan fingerprint density at radius 2 is 2.00 bits per heavy atom. The molecular formula is C18H29IN2. The van der Waals surface area contributed by atoms with Crippen LogP contribution in [0.5, 0.6) is 0 Å². The van der Waals surface area contributed by atoms with Crippen molar-refractivity contribution >= 4 is 22.6 Å². The second kappa shape index (κ2) is 7.42. The van der Waals surface area contributed by atoms with E-state index in [1.54, 1.807) is 0 Å². The molecular weight excluding hydrogens is 371 g/mol. The molecule has 1 aliphatic carbocycles. The van der Waals surface area contributed by atoms with E-state index in [9.17, 15) is 0 Å². The number of nitrogens with zero attached hydrogens (tertiary/aromatic N) is 1. The van der Waals surface area contributed by atoms with Crippen LogP contribution in [-0.4, -0.2) is 31.1 Å². The topological polar surface area (TPSA) is 15.3 Å². The first kappa shape index (κ1) is 17.2. The van der Waals surface area contributed by atoms with Crippen molar-refractivity contribution < 1.29 is 0 Å². The highest BCUT2D eigenvalue weighted by Crippen LogP contribution is 2.35. The summed E-state index contributed by atoms with van der Waals surface area (Å²) in [6, 6.07) is 9.28. The Morgan fingerprint density at radius 1 is 1.33 bits per heavy atom. The quantitative estimate of drug-likeness (QED) is 0.735. The summed E-state index contributed by atoms with van der Waals surface area (Å²) in [6.45, 7) is 5.76. The van der Waals surface area contributed by atoms with Gasteiger partial charge in [-0.1, -0.05) is 31.9 Å². The summed E-state index contributed by atoms with van der Waals surface area (Å²) in [4.78, 5) is 2.45. The lowest BCUT2D eigenvalue weighted by molar-refractivity contribution is 0.0728. The van der Waals surface area contributed by atoms with Crippen LogP contribution in [0.4, 0.5) is 0 Å². The zero-order valence-electron chi connectivity index (χ0n) is 13.8. The fraction of sp³-hybridized carbons (Fsp3) is 0.667. The maximum absolute atomic E-state index is 3.79. The molecule has 2 rings (SSSR count). The number of likely N-dealkylation sites (N-methyl/N-ethyl adjacent to an activating group) is 1. The molecule has 3 heteroatoms. The van der Waals surface area contributed by atoms with E-state index < -0.39 is 0 Å². The summed E-state index contributed by atoms with van der Waals surface area (Å²) < 4.78 is 1.30. The fourth-order valence-electron chi connectivity index (χ4n) is 3.57. The van der Waals surface area contributed by atoms with Crippen LogP contribution in [-0.2, 0) is 0 Å². The first-order valence-corrected chi connectivity index (χ1v) is 9.17. The second-order valence-electron chi connectivity index (χ2n) is 6.97. The van der Waals surface area contributed by atoms with E-state index in [1.807, 2.05) is 0 Å². The average molecular weight is 400 g/mol. The van der Waals surface area contributed by atoms with Gasteiger partial charge in [-0.3, -0.25) is 0 Å². The minimum atomic E-state index is 0.329. The van der Waals surface area contributed by atoms with Gasteiger partial charge in [-0.2, -0.15) is 0 Å². The molecule has 0 aliphatic heterocycles. The standard InChI is InChI=1S/C18H29IN2/c1-14-6-5-11-18(12-14,21(3)4)13-20-15(2)16-7-9-17(19)10-8-16/h7-10,14-15,20H,5-6,11-13H2,1-4H3. The Bertz CT molecular complexity index is 443. The zero-order valence-corrected chi connectivity index (χ0v) is 16.0. The predicted molar refractivity (Wildman–Crippen MR) is 99.6 cm³/mol. The number of rotatable bonds is 5. The average Bonchev–Trinajstić information content (AvgIpc) is 2.45. The van der Waals surface area contributed by atoms with Crippen molar-refractivity contribution in [3.63, 3.8) is 0 Å². The van der Waals surface area contributed by atoms with E-state index >= 15 is 0 Å². The summed E-state index contributed by atoms with van der Waals surface area (Å²) in [7, 11) is 4.49. The third kappa shape index (κ3) is 4.42. The molecule has 21 heavy (non-hydrogen) atoms. The molecule has 3 atom stereocenters. The molecule has 1 N–H and O–H groups in total. The molecule has 0 heterocycles. The highest BCUT2D eigenvalue weighted by Gasteiger charge is 2.36. The number of hydrogen-bond acceptors (Lipinski definition) is 2. The van der Waals surface area contributed by atoms with Gasteiger partial charge >= 0.3 is 0 Å². The van der Waals surface area contributed by atoms with Crippen LogP contribution >= 0.6 is 22.6 Å². The lowest BCUT2D eigenvalue weighted by atomic mass is 9.75. The molecule has 0 bridgehead atoms. The van der Waals surface area contributed by atoms with Gasteiger partial charge in [-0.25, -0.2) is 0 Å². The van der Waals surface area contributed by atoms with Crippen molar-refractivity contribution in [1.29, 1.82) is 0 Å². The van der Waals surface area contributed by atoms with E-state index in [0.29, 0.717) is 11.6 Å². The normalized spacial score (nSPS) is 27.8. The van der Waals surface area contributed by atoms with E-state index in [1.165, 1.54) is 34.8 Å². The minimum absolute atomic E-state index is 0.329. The van der Waals surface area contributed by atoms with Crippen LogP contribution in [0.2, 0.25) is 0 Å². The predicted octanol–water partition coefficient (Wildman–Crippen LogP) is 4.45. The molecule has 0 amide bonds. The van der Waals surface area contributed by atoms with Crippen LogP contribution in [0, 0.1) is 9.49 Å². The van der Waals surface area contributed by atoms with Crippen molar-refractivity contribution in [3.8, 4) is 0 Å². The summed E-state index contributed by atoms with van der Waals surface area (Å²) >= 11 is 2.36. The molecule has 0 aromatic heterocycles. The Hall–Kier alpha value is -0.130. The summed E-state index contributed by atoms with van der Waals surface area (Å²) in [6.07, 6.45) is 5.38. The van der Waals surface area contributed by atoms with Crippen LogP contribution in [0.15, 0.2) is 24.3 Å². The SMILES string of the molecule is CC1CCCC(CNC(C)c2ccc(I)cc2)(N(C)C)C1. The molecule has 1 aromatic rings. The molecule has 0 saturated heterocycles. The van der Waals surface area contributed by atoms with Crippen LogP contribution in [0.3, 0.4) is 0 Å². The Balaban J connectivity index is 2.00. The third-order valence-electron chi connectivity index (χ3n) is 5.12. The van der Waals surface area contributed by atoms with Gasteiger partial charge in [-0.15, -0.1) is 0 Å². The molecule has 1 fully saturated rings. The number of nitrogens with one attached hydrogen (secondary N) is 1. The van der Waals surface area contributed by atoms with Crippen LogP contribution < -0.4 is 5.32 Å². The van der Waals surface area contributed by atoms with Gasteiger partial charge in [0.25, 0.3) is 0 Å². The molecule has 1 aliphatic rings. The summed E-state index contributed by atoms with van der Waals surface area (Å²) in [5.74, 6) is 0.844. The molecule has 0 spiro atoms. The van der Waals surface area contributed by atoms with E-state index in [4.69, 9.17) is 0 Å². The fourth-order valence-corrected chi connectivity index (χ4v) is 3.93. The minimum Gasteiger partial charge on any atom is -0.308 e. The third-order valence-corrected chi connectivity index (χ3v) is 5.84. The monoisotopic (exact) mass is 400 g/mol. The summed E-state index contributed by atoms with van der Waals surface area (Å²) in [5.41, 5.74) is 1.71. The number of halogens is 1. The van der Waals surface area contributed by atoms with Crippen molar-refractivity contribution in [2.45, 2.75) is 51.1 Å². The maximum Gasteiger partial charge on any atom is 0.0330 e. The second-order valence-corrected chi connectivity index (χ2v) is 8.22. The lowest BCUT2D eigenvalue weighted by Crippen LogP contribution is -2.54. The van der Waals surface area contributed by atoms with Gasteiger partial charge in [0.15, 0.2) is 0 Å². The highest BCUT2D eigenvalue weighted by molar-refractivity contribution is 14.1. The molecule has 118 valence electrons. The maximum atomic E-state index is 3.79. The van der Waals surface area contributed by atoms with E-state index in [0.717, 1.165) is 12.5 Å². The van der Waals surface area contributed by atoms with Crippen molar-refractivity contribution in [3.05, 3.63) is 33.4 Å². The van der Waals surface area contributed by atoms with Crippen molar-refractivity contribution in [2.75, 3.05) is 20.6 Å². The van der Waals surface area contributed by atoms with Crippen molar-refractivity contribution in [1.82, 2.24) is 10.2 Å². The first-order valence-electron chi connectivity index (χ1n) is 8.09. The van der Waals surface area contributed by atoms with Gasteiger partial charge in [-0.05, 0) is 80.1 Å². The van der Waals surface area contributed by atoms with Crippen LogP contribution in [0.25, 0.3) is 0 Å². The van der Waals surface area contributed by atoms with E-state index in [2.05, 4.69) is 85.0 Å². The Labute approximate surface area is 143 Å². The Morgan fingerprint density at radius 3 is 2.57 bits per heavy atom. The summed E-state index contributed by atoms with van der Waals surface area (Å²) in [5, 5.41) is 3.79. The van der Waals surface area contributed by atoms with E-state index in [-0.39, 0.29) is 0 Å². The van der Waals surface area contributed by atoms with Crippen molar-refractivity contribution in [2.24, 2.45) is 5.92 Å². The van der Waals surface area contributed by atoms with Gasteiger partial charge in [0.2, 0.25) is 0 Å². The van der Waals surface area contributed by atoms with Gasteiger partial charge in [0.05, 0.1) is 0 Å². The highest BCUT2D eigenvalue weighted by atomic mass is 127. The zero-order chi connectivity index (χ0) is 15.5. The molecule has 3 unspecified atom stereocenters.